The molecule has 1 aromatic heterocycles. The summed E-state index contributed by atoms with van der Waals surface area (Å²) in [5, 5.41) is 5.57. The number of amides is 1. The molecule has 5 heteroatoms. The van der Waals surface area contributed by atoms with Crippen LogP contribution in [0.3, 0.4) is 0 Å². The Morgan fingerprint density at radius 3 is 2.55 bits per heavy atom. The number of ether oxygens (including phenoxy) is 1. The number of halogens is 1. The number of carbonyl (C=O) groups excluding carboxylic acids is 1. The maximum absolute atomic E-state index is 12.1. The highest BCUT2D eigenvalue weighted by atomic mass is 35.5. The molecule has 0 fully saturated rings. The van der Waals surface area contributed by atoms with Gasteiger partial charge in [-0.2, -0.15) is 0 Å². The molecule has 0 radical (unpaired) electrons. The van der Waals surface area contributed by atoms with Crippen molar-refractivity contribution < 1.29 is 9.53 Å². The highest BCUT2D eigenvalue weighted by Crippen LogP contribution is 2.19. The summed E-state index contributed by atoms with van der Waals surface area (Å²) in [5.41, 5.74) is 0. The van der Waals surface area contributed by atoms with Crippen LogP contribution in [0, 0.1) is 0 Å². The van der Waals surface area contributed by atoms with E-state index in [1.807, 2.05) is 24.4 Å². The van der Waals surface area contributed by atoms with Gasteiger partial charge in [-0.25, -0.2) is 0 Å². The molecule has 0 saturated carbocycles. The van der Waals surface area contributed by atoms with Crippen LogP contribution in [0.1, 0.15) is 24.8 Å². The van der Waals surface area contributed by atoms with E-state index in [1.54, 1.807) is 42.5 Å². The lowest BCUT2D eigenvalue weighted by atomic mass is 10.2. The zero-order valence-electron chi connectivity index (χ0n) is 11.3. The average molecular weight is 310 g/mol. The number of hydrogen-bond donors (Lipinski definition) is 1. The standard InChI is InChI=1S/C15H16ClNO2S/c1-10(14-4-3-9-20-14)17-15(18)11(2)19-13-7-5-12(16)6-8-13/h3-11H,1-2H3,(H,17,18). The molecule has 0 bridgehead atoms. The first-order valence-electron chi connectivity index (χ1n) is 6.32. The van der Waals surface area contributed by atoms with Gasteiger partial charge in [-0.1, -0.05) is 17.7 Å². The molecule has 1 aromatic carbocycles. The third-order valence-corrected chi connectivity index (χ3v) is 4.13. The van der Waals surface area contributed by atoms with Crippen LogP contribution in [-0.4, -0.2) is 12.0 Å². The Morgan fingerprint density at radius 1 is 1.25 bits per heavy atom. The van der Waals surface area contributed by atoms with Gasteiger partial charge in [-0.3, -0.25) is 4.79 Å². The highest BCUT2D eigenvalue weighted by Gasteiger charge is 2.18. The van der Waals surface area contributed by atoms with Gasteiger partial charge in [0.25, 0.3) is 5.91 Å². The van der Waals surface area contributed by atoms with E-state index >= 15 is 0 Å². The predicted octanol–water partition coefficient (Wildman–Crippen LogP) is 4.05. The number of benzene rings is 1. The van der Waals surface area contributed by atoms with Gasteiger partial charge in [-0.05, 0) is 49.6 Å². The summed E-state index contributed by atoms with van der Waals surface area (Å²) in [4.78, 5) is 13.2. The topological polar surface area (TPSA) is 38.3 Å². The second-order valence-electron chi connectivity index (χ2n) is 4.46. The summed E-state index contributed by atoms with van der Waals surface area (Å²) in [6, 6.07) is 10.9. The molecule has 0 aliphatic heterocycles. The quantitative estimate of drug-likeness (QED) is 0.905. The van der Waals surface area contributed by atoms with Gasteiger partial charge in [0.2, 0.25) is 0 Å². The summed E-state index contributed by atoms with van der Waals surface area (Å²) in [6.07, 6.45) is -0.557. The molecule has 0 aliphatic rings. The molecule has 2 aromatic rings. The van der Waals surface area contributed by atoms with Crippen molar-refractivity contribution in [3.63, 3.8) is 0 Å². The van der Waals surface area contributed by atoms with Gasteiger partial charge < -0.3 is 10.1 Å². The first-order chi connectivity index (χ1) is 9.56. The van der Waals surface area contributed by atoms with E-state index in [9.17, 15) is 4.79 Å². The Morgan fingerprint density at radius 2 is 1.95 bits per heavy atom. The van der Waals surface area contributed by atoms with E-state index in [1.165, 1.54) is 0 Å². The van der Waals surface area contributed by atoms with Crippen LogP contribution in [0.5, 0.6) is 5.75 Å². The second kappa shape index (κ2) is 6.77. The van der Waals surface area contributed by atoms with Crippen molar-refractivity contribution in [2.24, 2.45) is 0 Å². The number of thiophene rings is 1. The minimum absolute atomic E-state index is 0.0150. The van der Waals surface area contributed by atoms with E-state index < -0.39 is 6.10 Å². The summed E-state index contributed by atoms with van der Waals surface area (Å²) in [5.74, 6) is 0.488. The first kappa shape index (κ1) is 14.9. The highest BCUT2D eigenvalue weighted by molar-refractivity contribution is 7.10. The van der Waals surface area contributed by atoms with Crippen molar-refractivity contribution in [3.05, 3.63) is 51.7 Å². The van der Waals surface area contributed by atoms with Crippen LogP contribution in [0.2, 0.25) is 5.02 Å². The van der Waals surface area contributed by atoms with E-state index in [4.69, 9.17) is 16.3 Å². The molecule has 1 amide bonds. The van der Waals surface area contributed by atoms with Crippen LogP contribution < -0.4 is 10.1 Å². The lowest BCUT2D eigenvalue weighted by Gasteiger charge is -2.18. The molecule has 2 atom stereocenters. The normalized spacial score (nSPS) is 13.6. The molecule has 106 valence electrons. The largest absolute Gasteiger partial charge is 0.481 e. The second-order valence-corrected chi connectivity index (χ2v) is 5.88. The molecule has 0 saturated heterocycles. The Balaban J connectivity index is 1.90. The fourth-order valence-corrected chi connectivity index (χ4v) is 2.57. The SMILES string of the molecule is CC(Oc1ccc(Cl)cc1)C(=O)NC(C)c1cccs1. The van der Waals surface area contributed by atoms with Gasteiger partial charge in [-0.15, -0.1) is 11.3 Å². The zero-order chi connectivity index (χ0) is 14.5. The Labute approximate surface area is 127 Å². The third-order valence-electron chi connectivity index (χ3n) is 2.82. The molecule has 0 spiro atoms. The third kappa shape index (κ3) is 3.99. The Kier molecular flexibility index (Phi) is 5.04. The van der Waals surface area contributed by atoms with Gasteiger partial charge in [0.05, 0.1) is 6.04 Å². The van der Waals surface area contributed by atoms with Crippen molar-refractivity contribution in [1.29, 1.82) is 0 Å². The van der Waals surface area contributed by atoms with Crippen LogP contribution in [0.25, 0.3) is 0 Å². The monoisotopic (exact) mass is 309 g/mol. The van der Waals surface area contributed by atoms with Gasteiger partial charge in [0.1, 0.15) is 5.75 Å². The van der Waals surface area contributed by atoms with Gasteiger partial charge in [0, 0.05) is 9.90 Å². The van der Waals surface area contributed by atoms with E-state index in [-0.39, 0.29) is 11.9 Å². The lowest BCUT2D eigenvalue weighted by molar-refractivity contribution is -0.127. The van der Waals surface area contributed by atoms with E-state index in [2.05, 4.69) is 5.32 Å². The zero-order valence-corrected chi connectivity index (χ0v) is 12.9. The van der Waals surface area contributed by atoms with E-state index in [0.717, 1.165) is 4.88 Å². The minimum atomic E-state index is -0.557. The molecule has 20 heavy (non-hydrogen) atoms. The van der Waals surface area contributed by atoms with Crippen LogP contribution in [0.4, 0.5) is 0 Å². The van der Waals surface area contributed by atoms with Gasteiger partial charge in [0.15, 0.2) is 6.10 Å². The first-order valence-corrected chi connectivity index (χ1v) is 7.58. The molecule has 1 N–H and O–H groups in total. The number of nitrogens with one attached hydrogen (secondary N) is 1. The smallest absolute Gasteiger partial charge is 0.261 e. The summed E-state index contributed by atoms with van der Waals surface area (Å²) >= 11 is 7.42. The molecular formula is C15H16ClNO2S. The maximum Gasteiger partial charge on any atom is 0.261 e. The Bertz CT molecular complexity index is 554. The van der Waals surface area contributed by atoms with Crippen LogP contribution >= 0.6 is 22.9 Å². The van der Waals surface area contributed by atoms with Gasteiger partial charge >= 0.3 is 0 Å². The number of rotatable bonds is 5. The van der Waals surface area contributed by atoms with Crippen LogP contribution in [0.15, 0.2) is 41.8 Å². The lowest BCUT2D eigenvalue weighted by Crippen LogP contribution is -2.37. The predicted molar refractivity (Wildman–Crippen MR) is 82.4 cm³/mol. The molecule has 2 unspecified atom stereocenters. The van der Waals surface area contributed by atoms with Crippen molar-refractivity contribution in [1.82, 2.24) is 5.32 Å². The summed E-state index contributed by atoms with van der Waals surface area (Å²) in [7, 11) is 0. The average Bonchev–Trinajstić information content (AvgIpc) is 2.95. The van der Waals surface area contributed by atoms with Crippen molar-refractivity contribution in [2.45, 2.75) is 26.0 Å². The fourth-order valence-electron chi connectivity index (χ4n) is 1.71. The van der Waals surface area contributed by atoms with Crippen molar-refractivity contribution in [3.8, 4) is 5.75 Å². The fraction of sp³-hybridized carbons (Fsp3) is 0.267. The Hall–Kier alpha value is -1.52. The summed E-state index contributed by atoms with van der Waals surface area (Å²) in [6.45, 7) is 3.68. The maximum atomic E-state index is 12.1. The van der Waals surface area contributed by atoms with Crippen molar-refractivity contribution in [2.75, 3.05) is 0 Å². The molecular weight excluding hydrogens is 294 g/mol. The minimum Gasteiger partial charge on any atom is -0.481 e. The van der Waals surface area contributed by atoms with Crippen molar-refractivity contribution >= 4 is 28.8 Å². The molecule has 0 aliphatic carbocycles. The summed E-state index contributed by atoms with van der Waals surface area (Å²) < 4.78 is 5.58. The molecule has 2 rings (SSSR count). The van der Waals surface area contributed by atoms with Crippen LogP contribution in [-0.2, 0) is 4.79 Å². The number of hydrogen-bond acceptors (Lipinski definition) is 3. The molecule has 3 nitrogen and oxygen atoms in total. The number of carbonyl (C=O) groups is 1. The molecule has 1 heterocycles. The van der Waals surface area contributed by atoms with E-state index in [0.29, 0.717) is 10.8 Å².